The van der Waals surface area contributed by atoms with Gasteiger partial charge in [0.15, 0.2) is 0 Å². The molecule has 0 heterocycles. The van der Waals surface area contributed by atoms with Gasteiger partial charge in [0.2, 0.25) is 5.91 Å². The maximum atomic E-state index is 10.8. The van der Waals surface area contributed by atoms with E-state index in [1.807, 2.05) is 24.3 Å². The van der Waals surface area contributed by atoms with E-state index in [-0.39, 0.29) is 5.91 Å². The van der Waals surface area contributed by atoms with Crippen molar-refractivity contribution in [3.05, 3.63) is 41.5 Å². The van der Waals surface area contributed by atoms with Gasteiger partial charge in [0, 0.05) is 0 Å². The number of hydrogen-bond donors (Lipinski definition) is 1. The molecule has 16 heavy (non-hydrogen) atoms. The second-order valence-electron chi connectivity index (χ2n) is 3.93. The van der Waals surface area contributed by atoms with Crippen molar-refractivity contribution in [1.29, 1.82) is 0 Å². The van der Waals surface area contributed by atoms with Gasteiger partial charge in [-0.15, -0.1) is 0 Å². The van der Waals surface area contributed by atoms with Crippen molar-refractivity contribution in [3.63, 3.8) is 0 Å². The molecule has 0 radical (unpaired) electrons. The third-order valence-corrected chi connectivity index (χ3v) is 2.36. The highest BCUT2D eigenvalue weighted by Gasteiger charge is 1.97. The molecule has 1 aromatic carbocycles. The fourth-order valence-electron chi connectivity index (χ4n) is 1.55. The molecule has 0 aliphatic carbocycles. The number of rotatable bonds is 6. The molecule has 0 bridgehead atoms. The Morgan fingerprint density at radius 1 is 1.44 bits per heavy atom. The van der Waals surface area contributed by atoms with Crippen LogP contribution in [0.5, 0.6) is 0 Å². The van der Waals surface area contributed by atoms with Crippen LogP contribution < -0.4 is 5.73 Å². The van der Waals surface area contributed by atoms with Gasteiger partial charge in [-0.3, -0.25) is 4.79 Å². The number of carbonyl (C=O) groups excluding carboxylic acids is 1. The summed E-state index contributed by atoms with van der Waals surface area (Å²) in [5, 5.41) is 0. The molecule has 0 aliphatic heterocycles. The molecule has 0 atom stereocenters. The minimum Gasteiger partial charge on any atom is -0.369 e. The van der Waals surface area contributed by atoms with Crippen LogP contribution in [0, 0.1) is 0 Å². The number of unbranched alkanes of at least 4 members (excludes halogenated alkanes) is 2. The van der Waals surface area contributed by atoms with E-state index in [2.05, 4.69) is 19.1 Å². The van der Waals surface area contributed by atoms with Crippen LogP contribution >= 0.6 is 0 Å². The molecule has 1 amide bonds. The van der Waals surface area contributed by atoms with E-state index in [1.54, 1.807) is 0 Å². The first-order valence-electron chi connectivity index (χ1n) is 5.76. The van der Waals surface area contributed by atoms with Crippen LogP contribution in [-0.2, 0) is 11.2 Å². The van der Waals surface area contributed by atoms with Crippen LogP contribution in [-0.4, -0.2) is 5.91 Å². The SMILES string of the molecule is CCCCC=Cc1cccc(CC(N)=O)c1. The van der Waals surface area contributed by atoms with Gasteiger partial charge in [-0.2, -0.15) is 0 Å². The van der Waals surface area contributed by atoms with E-state index < -0.39 is 0 Å². The standard InChI is InChI=1S/C14H19NO/c1-2-3-4-5-7-12-8-6-9-13(10-12)11-14(15)16/h5-10H,2-4,11H2,1H3,(H2,15,16). The lowest BCUT2D eigenvalue weighted by Gasteiger charge is -1.99. The predicted molar refractivity (Wildman–Crippen MR) is 67.9 cm³/mol. The van der Waals surface area contributed by atoms with Crippen LogP contribution in [0.4, 0.5) is 0 Å². The van der Waals surface area contributed by atoms with Crippen LogP contribution in [0.3, 0.4) is 0 Å². The zero-order chi connectivity index (χ0) is 11.8. The molecule has 86 valence electrons. The summed E-state index contributed by atoms with van der Waals surface area (Å²) in [6, 6.07) is 7.92. The fourth-order valence-corrected chi connectivity index (χ4v) is 1.55. The molecule has 2 nitrogen and oxygen atoms in total. The number of carbonyl (C=O) groups is 1. The Hall–Kier alpha value is -1.57. The number of amides is 1. The van der Waals surface area contributed by atoms with Crippen LogP contribution in [0.25, 0.3) is 6.08 Å². The summed E-state index contributed by atoms with van der Waals surface area (Å²) in [6.45, 7) is 2.18. The normalized spacial score (nSPS) is 10.8. The first-order valence-corrected chi connectivity index (χ1v) is 5.76. The third-order valence-electron chi connectivity index (χ3n) is 2.36. The summed E-state index contributed by atoms with van der Waals surface area (Å²) >= 11 is 0. The zero-order valence-corrected chi connectivity index (χ0v) is 9.78. The van der Waals surface area contributed by atoms with E-state index in [4.69, 9.17) is 5.73 Å². The lowest BCUT2D eigenvalue weighted by molar-refractivity contribution is -0.117. The maximum absolute atomic E-state index is 10.8. The summed E-state index contributed by atoms with van der Waals surface area (Å²) < 4.78 is 0. The molecular formula is C14H19NO. The number of primary amides is 1. The molecule has 2 heteroatoms. The summed E-state index contributed by atoms with van der Waals surface area (Å²) in [4.78, 5) is 10.8. The van der Waals surface area contributed by atoms with Crippen molar-refractivity contribution < 1.29 is 4.79 Å². The Labute approximate surface area is 97.2 Å². The first-order chi connectivity index (χ1) is 7.72. The van der Waals surface area contributed by atoms with Gasteiger partial charge in [-0.1, -0.05) is 56.2 Å². The van der Waals surface area contributed by atoms with Gasteiger partial charge in [0.25, 0.3) is 0 Å². The molecule has 0 spiro atoms. The van der Waals surface area contributed by atoms with Crippen molar-refractivity contribution in [3.8, 4) is 0 Å². The van der Waals surface area contributed by atoms with E-state index in [0.29, 0.717) is 6.42 Å². The average molecular weight is 217 g/mol. The van der Waals surface area contributed by atoms with E-state index >= 15 is 0 Å². The van der Waals surface area contributed by atoms with Gasteiger partial charge in [0.05, 0.1) is 6.42 Å². The van der Waals surface area contributed by atoms with E-state index in [0.717, 1.165) is 17.5 Å². The van der Waals surface area contributed by atoms with Crippen molar-refractivity contribution in [2.24, 2.45) is 5.73 Å². The second kappa shape index (κ2) is 6.83. The summed E-state index contributed by atoms with van der Waals surface area (Å²) in [6.07, 6.45) is 8.13. The zero-order valence-electron chi connectivity index (χ0n) is 9.78. The fraction of sp³-hybridized carbons (Fsp3) is 0.357. The minimum atomic E-state index is -0.285. The number of benzene rings is 1. The Morgan fingerprint density at radius 3 is 2.94 bits per heavy atom. The van der Waals surface area contributed by atoms with Crippen molar-refractivity contribution in [2.75, 3.05) is 0 Å². The van der Waals surface area contributed by atoms with E-state index in [1.165, 1.54) is 12.8 Å². The molecule has 0 aromatic heterocycles. The van der Waals surface area contributed by atoms with Gasteiger partial charge in [-0.25, -0.2) is 0 Å². The van der Waals surface area contributed by atoms with Crippen LogP contribution in [0.1, 0.15) is 37.3 Å². The Bertz CT molecular complexity index is 369. The van der Waals surface area contributed by atoms with Gasteiger partial charge < -0.3 is 5.73 Å². The monoisotopic (exact) mass is 217 g/mol. The number of nitrogens with two attached hydrogens (primary N) is 1. The molecular weight excluding hydrogens is 198 g/mol. The summed E-state index contributed by atoms with van der Waals surface area (Å²) in [7, 11) is 0. The molecule has 0 aliphatic rings. The predicted octanol–water partition coefficient (Wildman–Crippen LogP) is 2.92. The summed E-state index contributed by atoms with van der Waals surface area (Å²) in [5.41, 5.74) is 7.27. The molecule has 1 rings (SSSR count). The molecule has 0 saturated carbocycles. The lowest BCUT2D eigenvalue weighted by atomic mass is 10.1. The minimum absolute atomic E-state index is 0.285. The topological polar surface area (TPSA) is 43.1 Å². The van der Waals surface area contributed by atoms with Gasteiger partial charge >= 0.3 is 0 Å². The quantitative estimate of drug-likeness (QED) is 0.731. The van der Waals surface area contributed by atoms with Crippen molar-refractivity contribution in [1.82, 2.24) is 0 Å². The van der Waals surface area contributed by atoms with Gasteiger partial charge in [0.1, 0.15) is 0 Å². The molecule has 0 saturated heterocycles. The highest BCUT2D eigenvalue weighted by Crippen LogP contribution is 2.09. The molecule has 1 aromatic rings. The average Bonchev–Trinajstić information content (AvgIpc) is 2.24. The number of hydrogen-bond acceptors (Lipinski definition) is 1. The highest BCUT2D eigenvalue weighted by molar-refractivity contribution is 5.76. The molecule has 0 unspecified atom stereocenters. The Balaban J connectivity index is 2.59. The number of allylic oxidation sites excluding steroid dienone is 1. The lowest BCUT2D eigenvalue weighted by Crippen LogP contribution is -2.13. The third kappa shape index (κ3) is 4.78. The van der Waals surface area contributed by atoms with E-state index in [9.17, 15) is 4.79 Å². The molecule has 2 N–H and O–H groups in total. The second-order valence-corrected chi connectivity index (χ2v) is 3.93. The Morgan fingerprint density at radius 2 is 2.25 bits per heavy atom. The maximum Gasteiger partial charge on any atom is 0.221 e. The first kappa shape index (κ1) is 12.5. The molecule has 0 fully saturated rings. The highest BCUT2D eigenvalue weighted by atomic mass is 16.1. The van der Waals surface area contributed by atoms with Crippen molar-refractivity contribution in [2.45, 2.75) is 32.6 Å². The largest absolute Gasteiger partial charge is 0.369 e. The summed E-state index contributed by atoms with van der Waals surface area (Å²) in [5.74, 6) is -0.285. The van der Waals surface area contributed by atoms with Crippen LogP contribution in [0.15, 0.2) is 30.3 Å². The van der Waals surface area contributed by atoms with Crippen LogP contribution in [0.2, 0.25) is 0 Å². The van der Waals surface area contributed by atoms with Gasteiger partial charge in [-0.05, 0) is 17.5 Å². The smallest absolute Gasteiger partial charge is 0.221 e. The Kier molecular flexibility index (Phi) is 5.34. The van der Waals surface area contributed by atoms with Crippen molar-refractivity contribution >= 4 is 12.0 Å².